The van der Waals surface area contributed by atoms with Gasteiger partial charge in [0.2, 0.25) is 5.88 Å². The van der Waals surface area contributed by atoms with Crippen LogP contribution in [0.5, 0.6) is 5.88 Å². The van der Waals surface area contributed by atoms with Crippen LogP contribution in [0.2, 0.25) is 0 Å². The first kappa shape index (κ1) is 17.8. The predicted molar refractivity (Wildman–Crippen MR) is 105 cm³/mol. The molecule has 6 heterocycles. The number of hydrogen-bond acceptors (Lipinski definition) is 7. The average molecular weight is 423 g/mol. The largest absolute Gasteiger partial charge is 0.475 e. The molecule has 0 unspecified atom stereocenters. The molecule has 0 spiro atoms. The van der Waals surface area contributed by atoms with Gasteiger partial charge in [-0.25, -0.2) is 24.9 Å². The number of amidine groups is 1. The van der Waals surface area contributed by atoms with Crippen molar-refractivity contribution in [3.63, 3.8) is 0 Å². The number of anilines is 1. The minimum atomic E-state index is -4.43. The summed E-state index contributed by atoms with van der Waals surface area (Å²) in [6, 6.07) is 6.11. The molecule has 0 aliphatic carbocycles. The molecule has 6 rings (SSSR count). The van der Waals surface area contributed by atoms with Crippen LogP contribution in [-0.2, 0) is 6.18 Å². The maximum Gasteiger partial charge on any atom is 0.417 e. The Morgan fingerprint density at radius 2 is 1.90 bits per heavy atom. The van der Waals surface area contributed by atoms with E-state index in [1.807, 2.05) is 17.0 Å². The van der Waals surface area contributed by atoms with Crippen molar-refractivity contribution >= 4 is 28.4 Å². The lowest BCUT2D eigenvalue weighted by Gasteiger charge is -2.27. The lowest BCUT2D eigenvalue weighted by Crippen LogP contribution is -2.35. The van der Waals surface area contributed by atoms with E-state index in [2.05, 4.69) is 24.9 Å². The van der Waals surface area contributed by atoms with Gasteiger partial charge < -0.3 is 9.64 Å². The van der Waals surface area contributed by atoms with E-state index in [1.165, 1.54) is 12.4 Å². The number of aromatic nitrogens is 5. The van der Waals surface area contributed by atoms with Gasteiger partial charge in [-0.2, -0.15) is 13.2 Å². The van der Waals surface area contributed by atoms with Gasteiger partial charge in [-0.05, 0) is 24.3 Å². The summed E-state index contributed by atoms with van der Waals surface area (Å²) in [4.78, 5) is 23.3. The zero-order valence-electron chi connectivity index (χ0n) is 15.7. The van der Waals surface area contributed by atoms with Crippen LogP contribution in [0.15, 0.2) is 54.2 Å². The third kappa shape index (κ3) is 2.73. The first-order valence-corrected chi connectivity index (χ1v) is 9.34. The predicted octanol–water partition coefficient (Wildman–Crippen LogP) is 3.52. The van der Waals surface area contributed by atoms with Gasteiger partial charge >= 0.3 is 6.18 Å². The van der Waals surface area contributed by atoms with Crippen LogP contribution >= 0.6 is 0 Å². The average Bonchev–Trinajstić information content (AvgIpc) is 3.07. The summed E-state index contributed by atoms with van der Waals surface area (Å²) in [6.45, 7) is 0.986. The summed E-state index contributed by atoms with van der Waals surface area (Å²) in [7, 11) is 0. The van der Waals surface area contributed by atoms with Crippen molar-refractivity contribution in [2.24, 2.45) is 4.99 Å². The van der Waals surface area contributed by atoms with Gasteiger partial charge in [-0.3, -0.25) is 4.57 Å². The van der Waals surface area contributed by atoms with Gasteiger partial charge in [0.1, 0.15) is 30.0 Å². The van der Waals surface area contributed by atoms with Crippen molar-refractivity contribution in [3.05, 3.63) is 60.3 Å². The maximum absolute atomic E-state index is 12.8. The number of alkyl halides is 3. The molecule has 0 atom stereocenters. The Bertz CT molecular complexity index is 1360. The molecule has 31 heavy (non-hydrogen) atoms. The van der Waals surface area contributed by atoms with Gasteiger partial charge in [0, 0.05) is 17.8 Å². The van der Waals surface area contributed by atoms with Crippen molar-refractivity contribution < 1.29 is 17.9 Å². The lowest BCUT2D eigenvalue weighted by atomic mass is 10.1. The number of fused-ring (bicyclic) bond motifs is 1. The van der Waals surface area contributed by atoms with E-state index in [1.54, 1.807) is 17.0 Å². The topological polar surface area (TPSA) is 81.3 Å². The normalized spacial score (nSPS) is 15.1. The molecule has 0 amide bonds. The van der Waals surface area contributed by atoms with Crippen LogP contribution in [0.3, 0.4) is 0 Å². The first-order valence-electron chi connectivity index (χ1n) is 9.34. The summed E-state index contributed by atoms with van der Waals surface area (Å²) in [5.74, 6) is 2.20. The maximum atomic E-state index is 12.8. The Morgan fingerprint density at radius 1 is 1.00 bits per heavy atom. The van der Waals surface area contributed by atoms with E-state index in [4.69, 9.17) is 4.74 Å². The Hall–Kier alpha value is -4.02. The van der Waals surface area contributed by atoms with Crippen molar-refractivity contribution in [2.75, 3.05) is 18.1 Å². The van der Waals surface area contributed by atoms with E-state index in [0.29, 0.717) is 36.3 Å². The van der Waals surface area contributed by atoms with Gasteiger partial charge in [-0.15, -0.1) is 0 Å². The standard InChI is InChI=1S/C20H12F3N7O/c21-20(22,23)12-1-2-14(24-8-12)30-4-3-11-7-13(9-25-17(11)30)29-5-6-31-19-15-16(26-10-27-19)28-18(15)29/h1-4,7-10H,5-6H2. The van der Waals surface area contributed by atoms with Crippen molar-refractivity contribution in [2.45, 2.75) is 6.18 Å². The highest BCUT2D eigenvalue weighted by Gasteiger charge is 2.34. The van der Waals surface area contributed by atoms with E-state index >= 15 is 0 Å². The molecule has 0 saturated heterocycles. The van der Waals surface area contributed by atoms with E-state index in [0.717, 1.165) is 34.7 Å². The third-order valence-corrected chi connectivity index (χ3v) is 5.18. The molecule has 0 radical (unpaired) electrons. The molecule has 154 valence electrons. The highest BCUT2D eigenvalue weighted by molar-refractivity contribution is 6.20. The zero-order chi connectivity index (χ0) is 21.2. The highest BCUT2D eigenvalue weighted by atomic mass is 19.4. The Morgan fingerprint density at radius 3 is 2.71 bits per heavy atom. The minimum Gasteiger partial charge on any atom is -0.475 e. The monoisotopic (exact) mass is 423 g/mol. The molecule has 0 N–H and O–H groups in total. The molecule has 0 fully saturated rings. The Balaban J connectivity index is 1.36. The SMILES string of the molecule is FC(F)(F)c1ccc(-n2ccc3cc(N4CCOc5ncnc6c5C4=N6)cnc32)nc1. The number of pyridine rings is 2. The molecule has 2 aliphatic rings. The molecule has 2 aliphatic heterocycles. The molecule has 4 aromatic heterocycles. The fourth-order valence-corrected chi connectivity index (χ4v) is 3.68. The highest BCUT2D eigenvalue weighted by Crippen LogP contribution is 2.38. The second-order valence-electron chi connectivity index (χ2n) is 7.01. The molecular weight excluding hydrogens is 411 g/mol. The fraction of sp³-hybridized carbons (Fsp3) is 0.150. The first-order chi connectivity index (χ1) is 15.0. The summed E-state index contributed by atoms with van der Waals surface area (Å²) >= 11 is 0. The second kappa shape index (κ2) is 6.24. The van der Waals surface area contributed by atoms with Gasteiger partial charge in [0.05, 0.1) is 24.0 Å². The van der Waals surface area contributed by atoms with Crippen molar-refractivity contribution in [1.82, 2.24) is 24.5 Å². The van der Waals surface area contributed by atoms with Gasteiger partial charge in [0.25, 0.3) is 0 Å². The summed E-state index contributed by atoms with van der Waals surface area (Å²) in [6.07, 6.45) is 1.24. The number of nitrogens with zero attached hydrogens (tertiary/aromatic N) is 7. The Kier molecular flexibility index (Phi) is 3.58. The molecule has 11 heteroatoms. The number of halogens is 3. The summed E-state index contributed by atoms with van der Waals surface area (Å²) in [5, 5.41) is 0.814. The molecule has 0 saturated carbocycles. The van der Waals surface area contributed by atoms with Gasteiger partial charge in [0.15, 0.2) is 11.7 Å². The zero-order valence-corrected chi connectivity index (χ0v) is 15.7. The second-order valence-corrected chi connectivity index (χ2v) is 7.01. The van der Waals surface area contributed by atoms with Crippen molar-refractivity contribution in [1.29, 1.82) is 0 Å². The summed E-state index contributed by atoms with van der Waals surface area (Å²) in [5.41, 5.74) is 1.39. The van der Waals surface area contributed by atoms with Crippen LogP contribution in [0.25, 0.3) is 16.9 Å². The van der Waals surface area contributed by atoms with E-state index < -0.39 is 11.7 Å². The van der Waals surface area contributed by atoms with Crippen molar-refractivity contribution in [3.8, 4) is 11.7 Å². The van der Waals surface area contributed by atoms with Crippen LogP contribution in [0, 0.1) is 0 Å². The van der Waals surface area contributed by atoms with E-state index in [-0.39, 0.29) is 0 Å². The number of ether oxygens (including phenoxy) is 1. The third-order valence-electron chi connectivity index (χ3n) is 5.18. The number of hydrogen-bond donors (Lipinski definition) is 0. The molecule has 4 aromatic rings. The quantitative estimate of drug-likeness (QED) is 0.491. The minimum absolute atomic E-state index is 0.352. The van der Waals surface area contributed by atoms with Gasteiger partial charge in [-0.1, -0.05) is 0 Å². The van der Waals surface area contributed by atoms with Crippen LogP contribution < -0.4 is 9.64 Å². The van der Waals surface area contributed by atoms with E-state index in [9.17, 15) is 13.2 Å². The molecular formula is C20H12F3N7O. The number of aliphatic imine (C=N–C) groups is 1. The molecule has 8 nitrogen and oxygen atoms in total. The lowest BCUT2D eigenvalue weighted by molar-refractivity contribution is -0.137. The van der Waals surface area contributed by atoms with Crippen LogP contribution in [0.4, 0.5) is 24.7 Å². The van der Waals surface area contributed by atoms with Crippen LogP contribution in [-0.4, -0.2) is 43.5 Å². The summed E-state index contributed by atoms with van der Waals surface area (Å²) < 4.78 is 45.8. The van der Waals surface area contributed by atoms with Crippen LogP contribution in [0.1, 0.15) is 11.1 Å². The molecule has 0 bridgehead atoms. The number of rotatable bonds is 2. The smallest absolute Gasteiger partial charge is 0.417 e. The fourth-order valence-electron chi connectivity index (χ4n) is 3.68. The Labute approximate surface area is 172 Å². The molecule has 0 aromatic carbocycles.